The highest BCUT2D eigenvalue weighted by Gasteiger charge is 1.96. The Bertz CT molecular complexity index is 682. The van der Waals surface area contributed by atoms with Crippen LogP contribution >= 0.6 is 0 Å². The summed E-state index contributed by atoms with van der Waals surface area (Å²) >= 11 is 0. The van der Waals surface area contributed by atoms with E-state index in [0.29, 0.717) is 26.2 Å². The van der Waals surface area contributed by atoms with Crippen LogP contribution in [0.3, 0.4) is 0 Å². The molecule has 0 aromatic rings. The Morgan fingerprint density at radius 2 is 1.32 bits per heavy atom. The molecule has 0 aliphatic carbocycles. The standard InChI is InChI=1S/C18H35N13/c1-24-31-18(23)28-13-9-5-4-8-12-27-17(22)30-16(21)26-11-7-3-2-6-10-25-15(20)29-14-19/h2-13H2,(H3,20,25,29)(H3,23,28,31)(H5,21,22,26,27,30). The molecule has 11 N–H and O–H groups in total. The number of nitrogens with zero attached hydrogens (tertiary/aromatic N) is 6. The van der Waals surface area contributed by atoms with Gasteiger partial charge in [0.15, 0.2) is 12.2 Å². The molecule has 0 aliphatic rings. The Balaban J connectivity index is 3.73. The van der Waals surface area contributed by atoms with Gasteiger partial charge in [-0.05, 0) is 25.7 Å². The number of rotatable bonds is 14. The Labute approximate surface area is 183 Å². The molecular weight excluding hydrogens is 398 g/mol. The summed E-state index contributed by atoms with van der Waals surface area (Å²) in [5.74, 6) is 0.714. The minimum Gasteiger partial charge on any atom is -0.370 e. The van der Waals surface area contributed by atoms with Crippen LogP contribution in [-0.2, 0) is 0 Å². The van der Waals surface area contributed by atoms with E-state index in [9.17, 15) is 0 Å². The second kappa shape index (κ2) is 19.6. The Morgan fingerprint density at radius 1 is 0.774 bits per heavy atom. The molecule has 0 spiro atoms. The fourth-order valence-electron chi connectivity index (χ4n) is 2.36. The maximum Gasteiger partial charge on any atom is 0.259 e. The molecular formula is C18H35N13. The first-order valence-electron chi connectivity index (χ1n) is 10.2. The number of nitrogens with two attached hydrogens (primary N) is 4. The van der Waals surface area contributed by atoms with Crippen molar-refractivity contribution in [1.82, 2.24) is 16.1 Å². The Hall–Kier alpha value is -3.74. The zero-order valence-electron chi connectivity index (χ0n) is 18.0. The smallest absolute Gasteiger partial charge is 0.259 e. The van der Waals surface area contributed by atoms with Gasteiger partial charge in [-0.15, -0.1) is 0 Å². The van der Waals surface area contributed by atoms with E-state index < -0.39 is 0 Å². The molecule has 31 heavy (non-hydrogen) atoms. The summed E-state index contributed by atoms with van der Waals surface area (Å²) in [7, 11) is 0. The zero-order chi connectivity index (χ0) is 23.2. The first kappa shape index (κ1) is 27.3. The van der Waals surface area contributed by atoms with Crippen LogP contribution < -0.4 is 39.0 Å². The molecule has 0 saturated heterocycles. The summed E-state index contributed by atoms with van der Waals surface area (Å²) in [4.78, 5) is 19.2. The van der Waals surface area contributed by atoms with Crippen molar-refractivity contribution in [1.29, 1.82) is 5.26 Å². The lowest BCUT2D eigenvalue weighted by Gasteiger charge is -2.05. The fraction of sp³-hybridized carbons (Fsp3) is 0.667. The molecule has 0 saturated carbocycles. The molecule has 0 atom stereocenters. The largest absolute Gasteiger partial charge is 0.370 e. The van der Waals surface area contributed by atoms with E-state index in [2.05, 4.69) is 41.0 Å². The van der Waals surface area contributed by atoms with Gasteiger partial charge in [0.2, 0.25) is 11.9 Å². The van der Waals surface area contributed by atoms with Gasteiger partial charge < -0.3 is 28.3 Å². The van der Waals surface area contributed by atoms with Gasteiger partial charge in [0.25, 0.3) is 5.96 Å². The average molecular weight is 434 g/mol. The quantitative estimate of drug-likeness (QED) is 0.0357. The predicted octanol–water partition coefficient (Wildman–Crippen LogP) is -0.550. The maximum absolute atomic E-state index is 8.37. The highest BCUT2D eigenvalue weighted by atomic mass is 15.3. The van der Waals surface area contributed by atoms with Gasteiger partial charge in [-0.3, -0.25) is 15.3 Å². The highest BCUT2D eigenvalue weighted by Crippen LogP contribution is 2.01. The third kappa shape index (κ3) is 19.4. The molecule has 0 heterocycles. The van der Waals surface area contributed by atoms with Gasteiger partial charge in [0, 0.05) is 26.2 Å². The summed E-state index contributed by atoms with van der Waals surface area (Å²) in [5, 5.41) is 13.7. The molecule has 0 aliphatic heterocycles. The van der Waals surface area contributed by atoms with E-state index in [1.165, 1.54) is 0 Å². The minimum atomic E-state index is 0.145. The first-order chi connectivity index (χ1) is 15.0. The summed E-state index contributed by atoms with van der Waals surface area (Å²) in [6.07, 6.45) is 9.35. The van der Waals surface area contributed by atoms with E-state index in [4.69, 9.17) is 34.8 Å². The van der Waals surface area contributed by atoms with E-state index >= 15 is 0 Å². The molecule has 0 rings (SSSR count). The molecule has 0 fully saturated rings. The summed E-state index contributed by atoms with van der Waals surface area (Å²) in [6, 6.07) is 0. The van der Waals surface area contributed by atoms with Crippen molar-refractivity contribution >= 4 is 23.8 Å². The number of hydrogen-bond donors (Lipinski definition) is 7. The predicted molar refractivity (Wildman–Crippen MR) is 125 cm³/mol. The van der Waals surface area contributed by atoms with Gasteiger partial charge in [-0.25, -0.2) is 4.99 Å². The molecule has 13 nitrogen and oxygen atoms in total. The molecule has 13 heteroatoms. The van der Waals surface area contributed by atoms with Gasteiger partial charge in [0.1, 0.15) is 0 Å². The van der Waals surface area contributed by atoms with Crippen LogP contribution in [0.15, 0.2) is 20.0 Å². The number of guanidine groups is 4. The van der Waals surface area contributed by atoms with Gasteiger partial charge in [-0.1, -0.05) is 31.1 Å². The van der Waals surface area contributed by atoms with Gasteiger partial charge in [-0.2, -0.15) is 21.8 Å². The van der Waals surface area contributed by atoms with Crippen LogP contribution in [0.25, 0.3) is 4.95 Å². The maximum atomic E-state index is 8.37. The number of hydrogen-bond acceptors (Lipinski definition) is 4. The van der Waals surface area contributed by atoms with Crippen LogP contribution in [0.1, 0.15) is 51.4 Å². The summed E-state index contributed by atoms with van der Waals surface area (Å²) in [5.41, 5.74) is 24.7. The fourth-order valence-corrected chi connectivity index (χ4v) is 2.36. The first-order valence-corrected chi connectivity index (χ1v) is 10.2. The lowest BCUT2D eigenvalue weighted by atomic mass is 10.2. The third-order valence-electron chi connectivity index (χ3n) is 3.88. The Morgan fingerprint density at radius 3 is 1.90 bits per heavy atom. The van der Waals surface area contributed by atoms with Crippen LogP contribution in [0.4, 0.5) is 0 Å². The molecule has 0 amide bonds. The van der Waals surface area contributed by atoms with Crippen molar-refractivity contribution in [2.45, 2.75) is 51.4 Å². The monoisotopic (exact) mass is 433 g/mol. The van der Waals surface area contributed by atoms with Crippen LogP contribution in [0.2, 0.25) is 0 Å². The second-order valence-electron chi connectivity index (χ2n) is 6.49. The van der Waals surface area contributed by atoms with Gasteiger partial charge in [0.05, 0.1) is 0 Å². The SMILES string of the molecule is [C-]#[N+]NC(N)=NCCCCCCN/C(N)=N/C(N)=NCCCCCCN=C(N)NC#N. The number of nitriles is 1. The lowest BCUT2D eigenvalue weighted by Crippen LogP contribution is -2.34. The van der Waals surface area contributed by atoms with E-state index in [1.54, 1.807) is 6.19 Å². The zero-order valence-corrected chi connectivity index (χ0v) is 18.0. The van der Waals surface area contributed by atoms with Crippen LogP contribution in [0.5, 0.6) is 0 Å². The molecule has 0 unspecified atom stereocenters. The van der Waals surface area contributed by atoms with Crippen LogP contribution in [-0.4, -0.2) is 50.0 Å². The van der Waals surface area contributed by atoms with Gasteiger partial charge >= 0.3 is 0 Å². The Kier molecular flexibility index (Phi) is 17.2. The van der Waals surface area contributed by atoms with Crippen molar-refractivity contribution < 1.29 is 0 Å². The number of aliphatic imine (C=N–C) groups is 4. The normalized spacial score (nSPS) is 12.7. The number of unbranched alkanes of at least 4 members (excludes halogenated alkanes) is 6. The lowest BCUT2D eigenvalue weighted by molar-refractivity contribution is 0.636. The molecule has 0 aromatic heterocycles. The molecule has 0 bridgehead atoms. The molecule has 172 valence electrons. The van der Waals surface area contributed by atoms with Crippen molar-refractivity contribution in [3.05, 3.63) is 11.5 Å². The van der Waals surface area contributed by atoms with Crippen molar-refractivity contribution in [2.75, 3.05) is 26.2 Å². The van der Waals surface area contributed by atoms with Crippen molar-refractivity contribution in [3.63, 3.8) is 0 Å². The second-order valence-corrected chi connectivity index (χ2v) is 6.49. The summed E-state index contributed by atoms with van der Waals surface area (Å²) in [6.45, 7) is 9.06. The topological polar surface area (TPSA) is 218 Å². The molecule has 0 aromatic carbocycles. The van der Waals surface area contributed by atoms with E-state index in [1.807, 2.05) is 0 Å². The molecule has 0 radical (unpaired) electrons. The van der Waals surface area contributed by atoms with Crippen molar-refractivity contribution in [3.8, 4) is 6.19 Å². The highest BCUT2D eigenvalue weighted by molar-refractivity contribution is 5.93. The van der Waals surface area contributed by atoms with Crippen LogP contribution in [0, 0.1) is 18.0 Å². The van der Waals surface area contributed by atoms with E-state index in [0.717, 1.165) is 51.4 Å². The average Bonchev–Trinajstić information content (AvgIpc) is 2.72. The van der Waals surface area contributed by atoms with E-state index in [-0.39, 0.29) is 23.8 Å². The van der Waals surface area contributed by atoms with Crippen molar-refractivity contribution in [2.24, 2.45) is 42.9 Å². The third-order valence-corrected chi connectivity index (χ3v) is 3.88. The minimum absolute atomic E-state index is 0.145. The number of nitrogens with one attached hydrogen (secondary N) is 3. The summed E-state index contributed by atoms with van der Waals surface area (Å²) < 4.78 is 0.